The fourth-order valence-corrected chi connectivity index (χ4v) is 2.66. The van der Waals surface area contributed by atoms with Crippen LogP contribution in [0.25, 0.3) is 0 Å². The molecule has 0 aliphatic rings. The maximum atomic E-state index is 11.3. The molecule has 0 saturated heterocycles. The highest BCUT2D eigenvalue weighted by Gasteiger charge is 2.45. The van der Waals surface area contributed by atoms with Crippen molar-refractivity contribution in [2.45, 2.75) is 71.4 Å². The number of nitrogens with zero attached hydrogens (tertiary/aromatic N) is 1. The fraction of sp³-hybridized carbons (Fsp3) is 0.867. The highest BCUT2D eigenvalue weighted by atomic mass is 16.4. The van der Waals surface area contributed by atoms with E-state index in [9.17, 15) is 24.9 Å². The Balaban J connectivity index is 4.79. The molecule has 6 heteroatoms. The fourth-order valence-electron chi connectivity index (χ4n) is 2.66. The summed E-state index contributed by atoms with van der Waals surface area (Å²) >= 11 is 0. The average molecular weight is 304 g/mol. The van der Waals surface area contributed by atoms with Gasteiger partial charge in [-0.2, -0.15) is 0 Å². The standard InChI is InChI=1S/C15H29NO5/c1-4-5-6-7-8-9-10-16(11-17,12(2)14(18)19)13(3)15(20)21/h12-13,17H,4-11H2,1-3H3,(H-,18,19,20,21)/p+1. The molecule has 21 heavy (non-hydrogen) atoms. The number of hydrogen-bond acceptors (Lipinski definition) is 3. The first-order valence-electron chi connectivity index (χ1n) is 7.76. The summed E-state index contributed by atoms with van der Waals surface area (Å²) in [6.07, 6.45) is 6.18. The van der Waals surface area contributed by atoms with Gasteiger partial charge >= 0.3 is 11.9 Å². The van der Waals surface area contributed by atoms with Crippen molar-refractivity contribution in [2.24, 2.45) is 0 Å². The van der Waals surface area contributed by atoms with Crippen LogP contribution < -0.4 is 0 Å². The van der Waals surface area contributed by atoms with E-state index < -0.39 is 30.8 Å². The molecular formula is C15H30NO5+. The van der Waals surface area contributed by atoms with E-state index in [1.807, 2.05) is 0 Å². The predicted octanol–water partition coefficient (Wildman–Crippen LogP) is 2.06. The normalized spacial score (nSPS) is 17.0. The molecule has 0 bridgehead atoms. The third kappa shape index (κ3) is 5.63. The Hall–Kier alpha value is -1.14. The van der Waals surface area contributed by atoms with E-state index in [1.165, 1.54) is 20.3 Å². The number of aliphatic carboxylic acids is 2. The number of aliphatic hydroxyl groups excluding tert-OH is 1. The van der Waals surface area contributed by atoms with E-state index in [0.717, 1.165) is 32.1 Å². The van der Waals surface area contributed by atoms with Crippen molar-refractivity contribution in [3.63, 3.8) is 0 Å². The van der Waals surface area contributed by atoms with Gasteiger partial charge in [0.05, 0.1) is 6.54 Å². The Morgan fingerprint density at radius 3 is 1.71 bits per heavy atom. The lowest BCUT2D eigenvalue weighted by molar-refractivity contribution is -0.971. The Morgan fingerprint density at radius 2 is 1.33 bits per heavy atom. The quantitative estimate of drug-likeness (QED) is 0.291. The van der Waals surface area contributed by atoms with Gasteiger partial charge in [-0.05, 0) is 26.7 Å². The van der Waals surface area contributed by atoms with Crippen molar-refractivity contribution < 1.29 is 29.4 Å². The number of rotatable bonds is 12. The van der Waals surface area contributed by atoms with Crippen LogP contribution >= 0.6 is 0 Å². The molecule has 0 amide bonds. The summed E-state index contributed by atoms with van der Waals surface area (Å²) in [4.78, 5) is 22.6. The maximum absolute atomic E-state index is 11.3. The van der Waals surface area contributed by atoms with E-state index in [-0.39, 0.29) is 4.48 Å². The first-order chi connectivity index (χ1) is 9.83. The molecular weight excluding hydrogens is 274 g/mol. The topological polar surface area (TPSA) is 94.8 Å². The molecule has 124 valence electrons. The van der Waals surface area contributed by atoms with Gasteiger partial charge in [-0.3, -0.25) is 4.48 Å². The minimum absolute atomic E-state index is 0.321. The second kappa shape index (κ2) is 9.73. The van der Waals surface area contributed by atoms with E-state index >= 15 is 0 Å². The van der Waals surface area contributed by atoms with Crippen LogP contribution in [-0.2, 0) is 9.59 Å². The van der Waals surface area contributed by atoms with Crippen LogP contribution in [-0.4, -0.2) is 57.1 Å². The summed E-state index contributed by atoms with van der Waals surface area (Å²) in [6, 6.07) is -1.89. The van der Waals surface area contributed by atoms with Gasteiger partial charge in [-0.15, -0.1) is 0 Å². The second-order valence-corrected chi connectivity index (χ2v) is 5.76. The number of quaternary nitrogens is 1. The summed E-state index contributed by atoms with van der Waals surface area (Å²) in [7, 11) is 0. The summed E-state index contributed by atoms with van der Waals surface area (Å²) in [5, 5.41) is 28.2. The Morgan fingerprint density at radius 1 is 0.905 bits per heavy atom. The monoisotopic (exact) mass is 304 g/mol. The van der Waals surface area contributed by atoms with Crippen molar-refractivity contribution in [3.05, 3.63) is 0 Å². The lowest BCUT2D eigenvalue weighted by Crippen LogP contribution is -2.65. The molecule has 0 saturated carbocycles. The summed E-state index contributed by atoms with van der Waals surface area (Å²) in [6.45, 7) is 4.96. The lowest BCUT2D eigenvalue weighted by atomic mass is 10.1. The summed E-state index contributed by atoms with van der Waals surface area (Å²) in [5.41, 5.74) is 0. The highest BCUT2D eigenvalue weighted by Crippen LogP contribution is 2.22. The maximum Gasteiger partial charge on any atom is 0.362 e. The molecule has 0 heterocycles. The van der Waals surface area contributed by atoms with Crippen molar-refractivity contribution >= 4 is 11.9 Å². The van der Waals surface area contributed by atoms with Gasteiger partial charge in [0.25, 0.3) is 0 Å². The highest BCUT2D eigenvalue weighted by molar-refractivity contribution is 5.74. The molecule has 0 aliphatic heterocycles. The smallest absolute Gasteiger partial charge is 0.362 e. The molecule has 6 nitrogen and oxygen atoms in total. The molecule has 0 aromatic heterocycles. The van der Waals surface area contributed by atoms with Crippen molar-refractivity contribution in [2.75, 3.05) is 13.3 Å². The van der Waals surface area contributed by atoms with Gasteiger partial charge in [-0.1, -0.05) is 32.6 Å². The Bertz CT molecular complexity index is 312. The molecule has 3 N–H and O–H groups in total. The number of hydrogen-bond donors (Lipinski definition) is 3. The van der Waals surface area contributed by atoms with Crippen molar-refractivity contribution in [1.29, 1.82) is 0 Å². The third-order valence-electron chi connectivity index (χ3n) is 4.45. The zero-order valence-corrected chi connectivity index (χ0v) is 13.4. The molecule has 0 aromatic rings. The van der Waals surface area contributed by atoms with Gasteiger partial charge in [-0.25, -0.2) is 9.59 Å². The Kier molecular flexibility index (Phi) is 9.21. The second-order valence-electron chi connectivity index (χ2n) is 5.76. The summed E-state index contributed by atoms with van der Waals surface area (Å²) < 4.78 is -0.321. The van der Waals surface area contributed by atoms with E-state index in [2.05, 4.69) is 6.92 Å². The number of carboxylic acid groups (broad SMARTS) is 2. The first-order valence-corrected chi connectivity index (χ1v) is 7.76. The van der Waals surface area contributed by atoms with E-state index in [4.69, 9.17) is 0 Å². The summed E-state index contributed by atoms with van der Waals surface area (Å²) in [5.74, 6) is -2.16. The lowest BCUT2D eigenvalue weighted by Gasteiger charge is -2.42. The van der Waals surface area contributed by atoms with Gasteiger partial charge in [0, 0.05) is 0 Å². The van der Waals surface area contributed by atoms with Crippen LogP contribution in [0.4, 0.5) is 0 Å². The molecule has 2 atom stereocenters. The van der Waals surface area contributed by atoms with Gasteiger partial charge in [0.15, 0.2) is 18.8 Å². The predicted molar refractivity (Wildman–Crippen MR) is 79.8 cm³/mol. The van der Waals surface area contributed by atoms with Gasteiger partial charge in [0.2, 0.25) is 0 Å². The molecule has 0 aromatic carbocycles. The molecule has 0 rings (SSSR count). The molecule has 0 radical (unpaired) electrons. The van der Waals surface area contributed by atoms with E-state index in [1.54, 1.807) is 0 Å². The van der Waals surface area contributed by atoms with Crippen molar-refractivity contribution in [3.8, 4) is 0 Å². The number of unbranched alkanes of at least 4 members (excludes halogenated alkanes) is 5. The van der Waals surface area contributed by atoms with Crippen LogP contribution in [0.2, 0.25) is 0 Å². The SMILES string of the molecule is CCCCCCCC[N+](CO)(C(C)C(=O)O)C(C)C(=O)O. The number of aliphatic hydroxyl groups is 1. The molecule has 2 unspecified atom stereocenters. The van der Waals surface area contributed by atoms with Crippen LogP contribution in [0.1, 0.15) is 59.3 Å². The van der Waals surface area contributed by atoms with Crippen LogP contribution in [0.3, 0.4) is 0 Å². The Labute approximate surface area is 127 Å². The average Bonchev–Trinajstić information content (AvgIpc) is 2.45. The molecule has 0 fully saturated rings. The molecule has 0 spiro atoms. The van der Waals surface area contributed by atoms with Crippen LogP contribution in [0, 0.1) is 0 Å². The number of carbonyl (C=O) groups is 2. The van der Waals surface area contributed by atoms with Crippen molar-refractivity contribution in [1.82, 2.24) is 0 Å². The largest absolute Gasteiger partial charge is 0.477 e. The zero-order chi connectivity index (χ0) is 16.5. The first kappa shape index (κ1) is 19.9. The van der Waals surface area contributed by atoms with Gasteiger partial charge in [0.1, 0.15) is 0 Å². The minimum Gasteiger partial charge on any atom is -0.477 e. The van der Waals surface area contributed by atoms with E-state index in [0.29, 0.717) is 6.54 Å². The van der Waals surface area contributed by atoms with Gasteiger partial charge < -0.3 is 15.3 Å². The number of carboxylic acids is 2. The minimum atomic E-state index is -1.08. The third-order valence-corrected chi connectivity index (χ3v) is 4.45. The van der Waals surface area contributed by atoms with Crippen LogP contribution in [0.15, 0.2) is 0 Å². The van der Waals surface area contributed by atoms with Crippen LogP contribution in [0.5, 0.6) is 0 Å². The molecule has 0 aliphatic carbocycles. The zero-order valence-electron chi connectivity index (χ0n) is 13.4.